The van der Waals surface area contributed by atoms with E-state index in [-0.39, 0.29) is 5.91 Å². The predicted octanol–water partition coefficient (Wildman–Crippen LogP) is 4.55. The molecule has 0 fully saturated rings. The summed E-state index contributed by atoms with van der Waals surface area (Å²) in [5.41, 5.74) is 4.95. The molecule has 1 aromatic heterocycles. The molecule has 0 saturated heterocycles. The number of pyridine rings is 1. The number of benzene rings is 2. The minimum Gasteiger partial charge on any atom is -0.380 e. The number of rotatable bonds is 4. The van der Waals surface area contributed by atoms with Crippen molar-refractivity contribution in [2.75, 3.05) is 11.9 Å². The summed E-state index contributed by atoms with van der Waals surface area (Å²) in [6.07, 6.45) is 4.24. The maximum Gasteiger partial charge on any atom is 0.255 e. The van der Waals surface area contributed by atoms with Gasteiger partial charge in [0.2, 0.25) is 0 Å². The van der Waals surface area contributed by atoms with Crippen LogP contribution >= 0.6 is 11.6 Å². The van der Waals surface area contributed by atoms with Crippen molar-refractivity contribution in [1.82, 2.24) is 9.88 Å². The lowest BCUT2D eigenvalue weighted by molar-refractivity contribution is 0.0734. The Hall–Kier alpha value is -2.85. The lowest BCUT2D eigenvalue weighted by Crippen LogP contribution is -2.36. The Balaban J connectivity index is 1.46. The normalized spacial score (nSPS) is 13.1. The van der Waals surface area contributed by atoms with Gasteiger partial charge in [-0.15, -0.1) is 0 Å². The van der Waals surface area contributed by atoms with Gasteiger partial charge >= 0.3 is 0 Å². The molecule has 0 unspecified atom stereocenters. The van der Waals surface area contributed by atoms with Gasteiger partial charge in [-0.2, -0.15) is 0 Å². The molecule has 1 aliphatic rings. The average Bonchev–Trinajstić information content (AvgIpc) is 2.72. The molecule has 0 bridgehead atoms. The summed E-state index contributed by atoms with van der Waals surface area (Å²) in [5, 5.41) is 4.02. The van der Waals surface area contributed by atoms with Gasteiger partial charge in [0.15, 0.2) is 0 Å². The van der Waals surface area contributed by atoms with Crippen molar-refractivity contribution in [3.8, 4) is 0 Å². The lowest BCUT2D eigenvalue weighted by atomic mass is 9.99. The van der Waals surface area contributed by atoms with E-state index in [1.807, 2.05) is 47.4 Å². The molecule has 3 aromatic rings. The standard InChI is InChI=1S/C22H20ClN3O/c23-21-8-4-3-6-17(21)13-25-20-11-19(12-24-14-20)22(27)26-10-9-16-5-1-2-7-18(16)15-26/h1-8,11-12,14,25H,9-10,13,15H2. The Bertz CT molecular complexity index is 973. The van der Waals surface area contributed by atoms with Gasteiger partial charge in [0, 0.05) is 37.1 Å². The van der Waals surface area contributed by atoms with Crippen LogP contribution in [0, 0.1) is 0 Å². The van der Waals surface area contributed by atoms with Crippen LogP contribution in [0.15, 0.2) is 67.0 Å². The fourth-order valence-electron chi connectivity index (χ4n) is 3.34. The zero-order valence-corrected chi connectivity index (χ0v) is 15.6. The summed E-state index contributed by atoms with van der Waals surface area (Å²) in [6.45, 7) is 1.95. The van der Waals surface area contributed by atoms with E-state index in [0.717, 1.165) is 29.2 Å². The molecule has 0 spiro atoms. The highest BCUT2D eigenvalue weighted by Gasteiger charge is 2.21. The average molecular weight is 378 g/mol. The van der Waals surface area contributed by atoms with E-state index in [0.29, 0.717) is 18.7 Å². The van der Waals surface area contributed by atoms with Crippen LogP contribution in [0.3, 0.4) is 0 Å². The highest BCUT2D eigenvalue weighted by Crippen LogP contribution is 2.21. The second-order valence-corrected chi connectivity index (χ2v) is 7.06. The molecule has 136 valence electrons. The summed E-state index contributed by atoms with van der Waals surface area (Å²) >= 11 is 6.20. The summed E-state index contributed by atoms with van der Waals surface area (Å²) in [5.74, 6) is 0.0124. The second-order valence-electron chi connectivity index (χ2n) is 6.65. The minimum atomic E-state index is 0.0124. The van der Waals surface area contributed by atoms with E-state index in [9.17, 15) is 4.79 Å². The number of anilines is 1. The number of halogens is 1. The number of carbonyl (C=O) groups is 1. The molecule has 1 aliphatic heterocycles. The van der Waals surface area contributed by atoms with E-state index in [1.165, 1.54) is 11.1 Å². The van der Waals surface area contributed by atoms with Gasteiger partial charge in [-0.3, -0.25) is 9.78 Å². The van der Waals surface area contributed by atoms with E-state index < -0.39 is 0 Å². The molecule has 1 N–H and O–H groups in total. The fraction of sp³-hybridized carbons (Fsp3) is 0.182. The molecule has 4 rings (SSSR count). The molecule has 5 heteroatoms. The highest BCUT2D eigenvalue weighted by atomic mass is 35.5. The Morgan fingerprint density at radius 1 is 1.07 bits per heavy atom. The Kier molecular flexibility index (Phi) is 5.07. The molecule has 27 heavy (non-hydrogen) atoms. The highest BCUT2D eigenvalue weighted by molar-refractivity contribution is 6.31. The molecule has 1 amide bonds. The molecule has 0 aliphatic carbocycles. The Morgan fingerprint density at radius 3 is 2.70 bits per heavy atom. The first kappa shape index (κ1) is 17.6. The summed E-state index contributed by atoms with van der Waals surface area (Å²) in [7, 11) is 0. The van der Waals surface area contributed by atoms with E-state index in [4.69, 9.17) is 11.6 Å². The van der Waals surface area contributed by atoms with E-state index in [1.54, 1.807) is 12.4 Å². The topological polar surface area (TPSA) is 45.2 Å². The first-order valence-corrected chi connectivity index (χ1v) is 9.37. The number of amides is 1. The SMILES string of the molecule is O=C(c1cncc(NCc2ccccc2Cl)c1)N1CCc2ccccc2C1. The van der Waals surface area contributed by atoms with Crippen LogP contribution in [0.1, 0.15) is 27.0 Å². The number of hydrogen-bond donors (Lipinski definition) is 1. The number of carbonyl (C=O) groups excluding carboxylic acids is 1. The minimum absolute atomic E-state index is 0.0124. The van der Waals surface area contributed by atoms with Crippen LogP contribution < -0.4 is 5.32 Å². The van der Waals surface area contributed by atoms with Gasteiger partial charge in [-0.1, -0.05) is 54.1 Å². The number of fused-ring (bicyclic) bond motifs is 1. The van der Waals surface area contributed by atoms with Crippen molar-refractivity contribution >= 4 is 23.2 Å². The third-order valence-electron chi connectivity index (χ3n) is 4.84. The molecular formula is C22H20ClN3O. The maximum absolute atomic E-state index is 12.9. The second kappa shape index (κ2) is 7.80. The zero-order valence-electron chi connectivity index (χ0n) is 14.9. The molecule has 4 nitrogen and oxygen atoms in total. The number of nitrogens with one attached hydrogen (secondary N) is 1. The quantitative estimate of drug-likeness (QED) is 0.725. The summed E-state index contributed by atoms with van der Waals surface area (Å²) in [4.78, 5) is 19.0. The number of aromatic nitrogens is 1. The Labute approximate surface area is 163 Å². The lowest BCUT2D eigenvalue weighted by Gasteiger charge is -2.29. The molecule has 0 atom stereocenters. The fourth-order valence-corrected chi connectivity index (χ4v) is 3.55. The van der Waals surface area contributed by atoms with Crippen molar-refractivity contribution in [2.24, 2.45) is 0 Å². The summed E-state index contributed by atoms with van der Waals surface area (Å²) in [6, 6.07) is 17.9. The van der Waals surface area contributed by atoms with Gasteiger partial charge in [0.1, 0.15) is 0 Å². The van der Waals surface area contributed by atoms with Gasteiger partial charge in [0.05, 0.1) is 11.3 Å². The Morgan fingerprint density at radius 2 is 1.85 bits per heavy atom. The van der Waals surface area contributed by atoms with Crippen molar-refractivity contribution < 1.29 is 4.79 Å². The molecule has 2 heterocycles. The number of hydrogen-bond acceptors (Lipinski definition) is 3. The van der Waals surface area contributed by atoms with Crippen LogP contribution in [-0.2, 0) is 19.5 Å². The molecule has 2 aromatic carbocycles. The monoisotopic (exact) mass is 377 g/mol. The van der Waals surface area contributed by atoms with Crippen LogP contribution in [-0.4, -0.2) is 22.3 Å². The third kappa shape index (κ3) is 3.96. The van der Waals surface area contributed by atoms with Gasteiger partial charge in [-0.25, -0.2) is 0 Å². The maximum atomic E-state index is 12.9. The van der Waals surface area contributed by atoms with E-state index in [2.05, 4.69) is 22.4 Å². The van der Waals surface area contributed by atoms with Crippen molar-refractivity contribution in [2.45, 2.75) is 19.5 Å². The largest absolute Gasteiger partial charge is 0.380 e. The smallest absolute Gasteiger partial charge is 0.255 e. The van der Waals surface area contributed by atoms with Gasteiger partial charge < -0.3 is 10.2 Å². The van der Waals surface area contributed by atoms with Crippen molar-refractivity contribution in [3.05, 3.63) is 94.3 Å². The van der Waals surface area contributed by atoms with Crippen LogP contribution in [0.4, 0.5) is 5.69 Å². The summed E-state index contributed by atoms with van der Waals surface area (Å²) < 4.78 is 0. The van der Waals surface area contributed by atoms with Crippen LogP contribution in [0.25, 0.3) is 0 Å². The first-order valence-electron chi connectivity index (χ1n) is 8.99. The number of nitrogens with zero attached hydrogens (tertiary/aromatic N) is 2. The molecule has 0 radical (unpaired) electrons. The predicted molar refractivity (Wildman–Crippen MR) is 108 cm³/mol. The van der Waals surface area contributed by atoms with Crippen molar-refractivity contribution in [3.63, 3.8) is 0 Å². The van der Waals surface area contributed by atoms with Gasteiger partial charge in [0.25, 0.3) is 5.91 Å². The zero-order chi connectivity index (χ0) is 18.6. The third-order valence-corrected chi connectivity index (χ3v) is 5.21. The molecular weight excluding hydrogens is 358 g/mol. The van der Waals surface area contributed by atoms with Gasteiger partial charge in [-0.05, 0) is 35.2 Å². The van der Waals surface area contributed by atoms with Crippen molar-refractivity contribution in [1.29, 1.82) is 0 Å². The first-order chi connectivity index (χ1) is 13.2. The van der Waals surface area contributed by atoms with Crippen LogP contribution in [0.5, 0.6) is 0 Å². The van der Waals surface area contributed by atoms with Crippen LogP contribution in [0.2, 0.25) is 5.02 Å². The molecule has 0 saturated carbocycles. The van der Waals surface area contributed by atoms with E-state index >= 15 is 0 Å².